The number of aryl methyl sites for hydroxylation is 2. The molecule has 39 heavy (non-hydrogen) atoms. The highest BCUT2D eigenvalue weighted by molar-refractivity contribution is 7.89. The van der Waals surface area contributed by atoms with Crippen LogP contribution in [0.2, 0.25) is 0 Å². The van der Waals surface area contributed by atoms with Crippen molar-refractivity contribution in [3.8, 4) is 17.2 Å². The highest BCUT2D eigenvalue weighted by Crippen LogP contribution is 2.38. The third-order valence-corrected chi connectivity index (χ3v) is 7.57. The summed E-state index contributed by atoms with van der Waals surface area (Å²) in [6.45, 7) is 8.78. The summed E-state index contributed by atoms with van der Waals surface area (Å²) in [7, 11) is -3.83. The fourth-order valence-electron chi connectivity index (χ4n) is 4.57. The van der Waals surface area contributed by atoms with Gasteiger partial charge in [-0.25, -0.2) is 23.3 Å². The number of nitrogens with zero attached hydrogens (tertiary/aromatic N) is 2. The van der Waals surface area contributed by atoms with E-state index >= 15 is 0 Å². The Labute approximate surface area is 224 Å². The fraction of sp³-hybridized carbons (Fsp3) is 0.138. The van der Waals surface area contributed by atoms with Gasteiger partial charge in [0.2, 0.25) is 10.0 Å². The van der Waals surface area contributed by atoms with Gasteiger partial charge in [0.25, 0.3) is 0 Å². The molecule has 5 rings (SSSR count). The second kappa shape index (κ2) is 9.64. The first kappa shape index (κ1) is 26.1. The number of furan rings is 1. The Hall–Kier alpha value is -4.54. The highest BCUT2D eigenvalue weighted by atomic mass is 32.2. The van der Waals surface area contributed by atoms with Crippen LogP contribution in [0.1, 0.15) is 40.1 Å². The number of fused-ring (bicyclic) bond motifs is 2. The number of ether oxygens (including phenoxy) is 1. The molecule has 2 N–H and O–H groups in total. The van der Waals surface area contributed by atoms with Gasteiger partial charge < -0.3 is 14.4 Å². The number of benzene rings is 3. The minimum absolute atomic E-state index is 0.0179. The molecule has 0 aliphatic rings. The van der Waals surface area contributed by atoms with Gasteiger partial charge in [-0.1, -0.05) is 36.4 Å². The minimum Gasteiger partial charge on any atom is -0.616 e. The van der Waals surface area contributed by atoms with Crippen molar-refractivity contribution in [1.82, 2.24) is 4.98 Å². The van der Waals surface area contributed by atoms with Crippen LogP contribution in [0.5, 0.6) is 5.75 Å². The molecule has 1 atom stereocenters. The van der Waals surface area contributed by atoms with Crippen LogP contribution in [-0.2, 0) is 10.0 Å². The molecule has 9 nitrogen and oxygen atoms in total. The molecule has 1 amide bonds. The maximum absolute atomic E-state index is 13.1. The molecule has 2 aromatic heterocycles. The average molecular weight is 544 g/mol. The third-order valence-electron chi connectivity index (χ3n) is 6.64. The van der Waals surface area contributed by atoms with Gasteiger partial charge in [0, 0.05) is 10.9 Å². The van der Waals surface area contributed by atoms with Crippen LogP contribution >= 0.6 is 0 Å². The first-order valence-electron chi connectivity index (χ1n) is 12.0. The Morgan fingerprint density at radius 1 is 1.10 bits per heavy atom. The number of rotatable bonds is 6. The zero-order chi connectivity index (χ0) is 28.1. The number of amides is 1. The number of hydroxylamine groups is 1. The van der Waals surface area contributed by atoms with E-state index in [1.807, 2.05) is 44.2 Å². The first-order valence-corrected chi connectivity index (χ1v) is 13.5. The van der Waals surface area contributed by atoms with Crippen molar-refractivity contribution in [3.05, 3.63) is 94.2 Å². The summed E-state index contributed by atoms with van der Waals surface area (Å²) in [6.07, 6.45) is -0.547. The summed E-state index contributed by atoms with van der Waals surface area (Å²) in [4.78, 5) is 17.9. The standard InChI is InChI=1S/C29H25N3O6S/c1-16-9-14-25(37-18(3)19-10-12-20(13-11-19)39(30,35)36)26-22(29(33)32(4)34)15-23(31-27(16)26)28-17(2)21-7-5-6-8-24(21)38-28/h5-15,18H,4H2,1-3H3,(H2,30,35,36)/t18-/m0/s1. The monoisotopic (exact) mass is 543 g/mol. The maximum atomic E-state index is 13.1. The van der Waals surface area contributed by atoms with E-state index in [-0.39, 0.29) is 15.2 Å². The lowest BCUT2D eigenvalue weighted by Crippen LogP contribution is -2.15. The number of sulfonamides is 1. The average Bonchev–Trinajstić information content (AvgIpc) is 3.25. The molecule has 0 bridgehead atoms. The zero-order valence-electron chi connectivity index (χ0n) is 21.5. The lowest BCUT2D eigenvalue weighted by molar-refractivity contribution is -0.342. The van der Waals surface area contributed by atoms with E-state index in [1.54, 1.807) is 25.1 Å². The van der Waals surface area contributed by atoms with E-state index in [1.165, 1.54) is 18.2 Å². The maximum Gasteiger partial charge on any atom is 0.430 e. The van der Waals surface area contributed by atoms with Crippen LogP contribution in [0.15, 0.2) is 76.0 Å². The summed E-state index contributed by atoms with van der Waals surface area (Å²) in [5.41, 5.74) is 3.89. The lowest BCUT2D eigenvalue weighted by Gasteiger charge is -2.19. The van der Waals surface area contributed by atoms with Gasteiger partial charge in [0.15, 0.2) is 5.76 Å². The number of primary sulfonamides is 1. The molecule has 0 unspecified atom stereocenters. The predicted octanol–water partition coefficient (Wildman–Crippen LogP) is 5.40. The molecule has 0 aliphatic carbocycles. The lowest BCUT2D eigenvalue weighted by atomic mass is 10.0. The van der Waals surface area contributed by atoms with Crippen molar-refractivity contribution in [2.45, 2.75) is 31.8 Å². The molecular formula is C29H25N3O6S. The second-order valence-corrected chi connectivity index (χ2v) is 10.8. The van der Waals surface area contributed by atoms with E-state index < -0.39 is 22.0 Å². The van der Waals surface area contributed by atoms with Gasteiger partial charge in [0.05, 0.1) is 15.8 Å². The number of carbonyl (C=O) groups excluding carboxylic acids is 1. The molecule has 5 aromatic rings. The topological polar surface area (TPSA) is 139 Å². The molecule has 0 spiro atoms. The number of pyridine rings is 1. The van der Waals surface area contributed by atoms with Gasteiger partial charge in [0.1, 0.15) is 35.4 Å². The van der Waals surface area contributed by atoms with Crippen molar-refractivity contribution in [1.29, 1.82) is 0 Å². The van der Waals surface area contributed by atoms with E-state index in [2.05, 4.69) is 6.72 Å². The quantitative estimate of drug-likeness (QED) is 0.131. The van der Waals surface area contributed by atoms with Crippen LogP contribution in [0.4, 0.5) is 0 Å². The first-order chi connectivity index (χ1) is 18.5. The molecule has 198 valence electrons. The largest absolute Gasteiger partial charge is 0.616 e. The summed E-state index contributed by atoms with van der Waals surface area (Å²) in [5.74, 6) is -0.0510. The molecule has 10 heteroatoms. The molecular weight excluding hydrogens is 518 g/mol. The number of nitrogens with two attached hydrogens (primary N) is 1. The van der Waals surface area contributed by atoms with Gasteiger partial charge in [-0.15, -0.1) is 4.74 Å². The van der Waals surface area contributed by atoms with E-state index in [0.29, 0.717) is 39.3 Å². The van der Waals surface area contributed by atoms with Crippen LogP contribution in [0, 0.1) is 19.1 Å². The second-order valence-electron chi connectivity index (χ2n) is 9.27. The van der Waals surface area contributed by atoms with Gasteiger partial charge in [-0.05, 0) is 62.2 Å². The molecule has 0 fully saturated rings. The Balaban J connectivity index is 1.67. The Morgan fingerprint density at radius 2 is 1.79 bits per heavy atom. The van der Waals surface area contributed by atoms with Crippen molar-refractivity contribution >= 4 is 44.5 Å². The summed E-state index contributed by atoms with van der Waals surface area (Å²) in [6, 6.07) is 18.6. The molecule has 3 aromatic carbocycles. The van der Waals surface area contributed by atoms with E-state index in [0.717, 1.165) is 16.5 Å². The Morgan fingerprint density at radius 3 is 2.44 bits per heavy atom. The summed E-state index contributed by atoms with van der Waals surface area (Å²) >= 11 is 0. The molecule has 0 saturated heterocycles. The SMILES string of the molecule is C=[N+]([O-])C(=O)c1cc(-c2oc3ccccc3c2C)nc2c(C)ccc(O[C@@H](C)c3ccc(S(N)(=O)=O)cc3)c12. The molecule has 0 saturated carbocycles. The molecule has 0 aliphatic heterocycles. The fourth-order valence-corrected chi connectivity index (χ4v) is 5.08. The number of para-hydroxylation sites is 1. The Bertz CT molecular complexity index is 1890. The summed E-state index contributed by atoms with van der Waals surface area (Å²) < 4.78 is 35.6. The van der Waals surface area contributed by atoms with E-state index in [4.69, 9.17) is 19.3 Å². The minimum atomic E-state index is -3.83. The van der Waals surface area contributed by atoms with Crippen LogP contribution < -0.4 is 9.88 Å². The summed E-state index contributed by atoms with van der Waals surface area (Å²) in [5, 5.41) is 18.6. The highest BCUT2D eigenvalue weighted by Gasteiger charge is 2.26. The van der Waals surface area contributed by atoms with Crippen molar-refractivity contribution in [2.24, 2.45) is 5.14 Å². The van der Waals surface area contributed by atoms with E-state index in [9.17, 15) is 18.4 Å². The number of carbonyl (C=O) groups is 1. The van der Waals surface area contributed by atoms with Crippen molar-refractivity contribution < 1.29 is 27.1 Å². The van der Waals surface area contributed by atoms with Crippen LogP contribution in [-0.4, -0.2) is 30.8 Å². The third kappa shape index (κ3) is 4.75. The van der Waals surface area contributed by atoms with Crippen molar-refractivity contribution in [3.63, 3.8) is 0 Å². The number of hydrogen-bond acceptors (Lipinski definition) is 7. The van der Waals surface area contributed by atoms with Crippen LogP contribution in [0.25, 0.3) is 33.3 Å². The van der Waals surface area contributed by atoms with Crippen molar-refractivity contribution in [2.75, 3.05) is 0 Å². The number of aromatic nitrogens is 1. The zero-order valence-corrected chi connectivity index (χ0v) is 22.3. The van der Waals surface area contributed by atoms with Gasteiger partial charge >= 0.3 is 5.91 Å². The van der Waals surface area contributed by atoms with Gasteiger partial charge in [-0.3, -0.25) is 0 Å². The smallest absolute Gasteiger partial charge is 0.430 e. The number of hydrogen-bond donors (Lipinski definition) is 1. The predicted molar refractivity (Wildman–Crippen MR) is 148 cm³/mol. The van der Waals surface area contributed by atoms with Crippen LogP contribution in [0.3, 0.4) is 0 Å². The molecule has 2 heterocycles. The normalized spacial score (nSPS) is 12.5. The Kier molecular flexibility index (Phi) is 6.45. The van der Waals surface area contributed by atoms with Gasteiger partial charge in [-0.2, -0.15) is 0 Å². The molecule has 0 radical (unpaired) electrons.